The largest absolute Gasteiger partial charge is 0.493 e. The summed E-state index contributed by atoms with van der Waals surface area (Å²) in [5, 5.41) is 15.2. The van der Waals surface area contributed by atoms with Crippen molar-refractivity contribution in [3.8, 4) is 5.75 Å². The Morgan fingerprint density at radius 1 is 1.38 bits per heavy atom. The number of rotatable bonds is 6. The minimum atomic E-state index is -0.682. The zero-order chi connectivity index (χ0) is 17.5. The molecule has 0 unspecified atom stereocenters. The van der Waals surface area contributed by atoms with Gasteiger partial charge in [0.2, 0.25) is 0 Å². The molecule has 124 valence electrons. The molecular formula is C16H14ClN3O4. The van der Waals surface area contributed by atoms with Gasteiger partial charge in [-0.3, -0.25) is 14.9 Å². The maximum atomic E-state index is 12.1. The molecule has 7 nitrogen and oxygen atoms in total. The average Bonchev–Trinajstić information content (AvgIpc) is 2.57. The first-order valence-corrected chi connectivity index (χ1v) is 7.40. The van der Waals surface area contributed by atoms with E-state index >= 15 is 0 Å². The van der Waals surface area contributed by atoms with Gasteiger partial charge < -0.3 is 4.74 Å². The van der Waals surface area contributed by atoms with Crippen LogP contribution in [0.1, 0.15) is 22.8 Å². The van der Waals surface area contributed by atoms with Gasteiger partial charge in [-0.05, 0) is 31.2 Å². The van der Waals surface area contributed by atoms with Gasteiger partial charge in [-0.15, -0.1) is 0 Å². The first kappa shape index (κ1) is 17.4. The van der Waals surface area contributed by atoms with E-state index in [0.717, 1.165) is 0 Å². The third kappa shape index (κ3) is 4.30. The van der Waals surface area contributed by atoms with Crippen LogP contribution in [-0.2, 0) is 0 Å². The van der Waals surface area contributed by atoms with Gasteiger partial charge in [-0.2, -0.15) is 5.10 Å². The molecule has 1 N–H and O–H groups in total. The van der Waals surface area contributed by atoms with Crippen LogP contribution in [0.15, 0.2) is 47.6 Å². The molecule has 1 amide bonds. The number of carbonyl (C=O) groups is 1. The summed E-state index contributed by atoms with van der Waals surface area (Å²) >= 11 is 5.93. The number of nitrogens with one attached hydrogen (secondary N) is 1. The smallest absolute Gasteiger partial charge is 0.282 e. The Kier molecular flexibility index (Phi) is 5.86. The summed E-state index contributed by atoms with van der Waals surface area (Å²) < 4.78 is 5.43. The predicted molar refractivity (Wildman–Crippen MR) is 90.8 cm³/mol. The van der Waals surface area contributed by atoms with Crippen LogP contribution in [0, 0.1) is 10.1 Å². The number of ether oxygens (including phenoxy) is 1. The van der Waals surface area contributed by atoms with E-state index in [-0.39, 0.29) is 11.3 Å². The standard InChI is InChI=1S/C16H14ClN3O4/c1-2-24-15-8-7-12(17)9-11(15)10-18-19-16(21)13-5-3-4-6-14(13)20(22)23/h3-10H,2H2,1H3,(H,19,21)/b18-10-. The van der Waals surface area contributed by atoms with Gasteiger partial charge in [0.25, 0.3) is 11.6 Å². The molecule has 0 aliphatic carbocycles. The SMILES string of the molecule is CCOc1ccc(Cl)cc1/C=N\NC(=O)c1ccccc1[N+](=O)[O-]. The molecule has 2 rings (SSSR count). The number of hydrazone groups is 1. The molecule has 0 aliphatic heterocycles. The Morgan fingerprint density at radius 2 is 2.12 bits per heavy atom. The lowest BCUT2D eigenvalue weighted by Crippen LogP contribution is -2.19. The lowest BCUT2D eigenvalue weighted by molar-refractivity contribution is -0.385. The van der Waals surface area contributed by atoms with Crippen LogP contribution in [0.2, 0.25) is 5.02 Å². The minimum absolute atomic E-state index is 0.0734. The molecule has 8 heteroatoms. The Hall–Kier alpha value is -2.93. The summed E-state index contributed by atoms with van der Waals surface area (Å²) in [4.78, 5) is 22.4. The number of halogens is 1. The topological polar surface area (TPSA) is 93.8 Å². The molecule has 0 bridgehead atoms. The first-order valence-electron chi connectivity index (χ1n) is 7.02. The van der Waals surface area contributed by atoms with Crippen LogP contribution in [0.4, 0.5) is 5.69 Å². The molecule has 0 spiro atoms. The van der Waals surface area contributed by atoms with E-state index in [9.17, 15) is 14.9 Å². The normalized spacial score (nSPS) is 10.6. The molecule has 2 aromatic carbocycles. The van der Waals surface area contributed by atoms with Crippen molar-refractivity contribution in [1.82, 2.24) is 5.43 Å². The molecule has 0 fully saturated rings. The number of nitro groups is 1. The molecule has 0 aliphatic rings. The number of amides is 1. The van der Waals surface area contributed by atoms with Crippen molar-refractivity contribution in [3.63, 3.8) is 0 Å². The Morgan fingerprint density at radius 3 is 2.83 bits per heavy atom. The molecule has 0 saturated heterocycles. The molecule has 0 aromatic heterocycles. The number of hydrogen-bond acceptors (Lipinski definition) is 5. The Labute approximate surface area is 143 Å². The monoisotopic (exact) mass is 347 g/mol. The van der Waals surface area contributed by atoms with Crippen molar-refractivity contribution in [1.29, 1.82) is 0 Å². The van der Waals surface area contributed by atoms with E-state index in [2.05, 4.69) is 10.5 Å². The number of nitro benzene ring substituents is 1. The van der Waals surface area contributed by atoms with Crippen LogP contribution >= 0.6 is 11.6 Å². The fourth-order valence-corrected chi connectivity index (χ4v) is 2.13. The second-order valence-electron chi connectivity index (χ2n) is 4.59. The van der Waals surface area contributed by atoms with Crippen molar-refractivity contribution in [2.75, 3.05) is 6.61 Å². The Bertz CT molecular complexity index is 793. The average molecular weight is 348 g/mol. The number of hydrogen-bond donors (Lipinski definition) is 1. The fraction of sp³-hybridized carbons (Fsp3) is 0.125. The Balaban J connectivity index is 2.16. The fourth-order valence-electron chi connectivity index (χ4n) is 1.95. The summed E-state index contributed by atoms with van der Waals surface area (Å²) in [6.45, 7) is 2.30. The van der Waals surface area contributed by atoms with Crippen LogP contribution in [-0.4, -0.2) is 23.7 Å². The maximum absolute atomic E-state index is 12.1. The van der Waals surface area contributed by atoms with E-state index in [0.29, 0.717) is 22.9 Å². The van der Waals surface area contributed by atoms with Crippen molar-refractivity contribution in [2.45, 2.75) is 6.92 Å². The number of nitrogens with zero attached hydrogens (tertiary/aromatic N) is 2. The van der Waals surface area contributed by atoms with Gasteiger partial charge in [-0.1, -0.05) is 23.7 Å². The molecule has 0 heterocycles. The summed E-state index contributed by atoms with van der Waals surface area (Å²) in [5.74, 6) is -0.121. The van der Waals surface area contributed by atoms with Crippen LogP contribution in [0.25, 0.3) is 0 Å². The summed E-state index contributed by atoms with van der Waals surface area (Å²) in [5.41, 5.74) is 2.47. The molecular weight excluding hydrogens is 334 g/mol. The van der Waals surface area contributed by atoms with Gasteiger partial charge in [0.1, 0.15) is 11.3 Å². The molecule has 0 atom stereocenters. The van der Waals surface area contributed by atoms with E-state index in [1.54, 1.807) is 18.2 Å². The van der Waals surface area contributed by atoms with Crippen molar-refractivity contribution in [2.24, 2.45) is 5.10 Å². The lowest BCUT2D eigenvalue weighted by atomic mass is 10.2. The highest BCUT2D eigenvalue weighted by molar-refractivity contribution is 6.30. The van der Waals surface area contributed by atoms with Crippen molar-refractivity contribution < 1.29 is 14.5 Å². The van der Waals surface area contributed by atoms with Crippen molar-refractivity contribution in [3.05, 3.63) is 68.7 Å². The van der Waals surface area contributed by atoms with E-state index in [1.165, 1.54) is 30.5 Å². The second-order valence-corrected chi connectivity index (χ2v) is 5.02. The predicted octanol–water partition coefficient (Wildman–Crippen LogP) is 3.41. The first-order chi connectivity index (χ1) is 11.5. The molecule has 0 saturated carbocycles. The molecule has 0 radical (unpaired) electrons. The zero-order valence-electron chi connectivity index (χ0n) is 12.7. The number of para-hydroxylation sites is 1. The molecule has 2 aromatic rings. The van der Waals surface area contributed by atoms with Gasteiger partial charge in [-0.25, -0.2) is 5.43 Å². The maximum Gasteiger partial charge on any atom is 0.282 e. The van der Waals surface area contributed by atoms with E-state index < -0.39 is 10.8 Å². The van der Waals surface area contributed by atoms with Crippen LogP contribution in [0.5, 0.6) is 5.75 Å². The van der Waals surface area contributed by atoms with Gasteiger partial charge in [0.05, 0.1) is 17.7 Å². The van der Waals surface area contributed by atoms with Gasteiger partial charge in [0, 0.05) is 16.7 Å². The summed E-state index contributed by atoms with van der Waals surface area (Å²) in [7, 11) is 0. The molecule has 24 heavy (non-hydrogen) atoms. The third-order valence-electron chi connectivity index (χ3n) is 2.99. The van der Waals surface area contributed by atoms with E-state index in [4.69, 9.17) is 16.3 Å². The van der Waals surface area contributed by atoms with Gasteiger partial charge >= 0.3 is 0 Å². The zero-order valence-corrected chi connectivity index (χ0v) is 13.5. The van der Waals surface area contributed by atoms with Crippen molar-refractivity contribution >= 4 is 29.4 Å². The number of carbonyl (C=O) groups excluding carboxylic acids is 1. The van der Waals surface area contributed by atoms with E-state index in [1.807, 2.05) is 6.92 Å². The lowest BCUT2D eigenvalue weighted by Gasteiger charge is -2.07. The number of benzene rings is 2. The highest BCUT2D eigenvalue weighted by atomic mass is 35.5. The minimum Gasteiger partial charge on any atom is -0.493 e. The van der Waals surface area contributed by atoms with Crippen LogP contribution in [0.3, 0.4) is 0 Å². The van der Waals surface area contributed by atoms with Gasteiger partial charge in [0.15, 0.2) is 0 Å². The highest BCUT2D eigenvalue weighted by Crippen LogP contribution is 2.21. The summed E-state index contributed by atoms with van der Waals surface area (Å²) in [6.07, 6.45) is 1.36. The summed E-state index contributed by atoms with van der Waals surface area (Å²) in [6, 6.07) is 10.6. The third-order valence-corrected chi connectivity index (χ3v) is 3.22. The quantitative estimate of drug-likeness (QED) is 0.492. The van der Waals surface area contributed by atoms with Crippen LogP contribution < -0.4 is 10.2 Å². The second kappa shape index (κ2) is 8.07. The highest BCUT2D eigenvalue weighted by Gasteiger charge is 2.18.